The molecule has 0 bridgehead atoms. The molecule has 1 amide bonds. The largest absolute Gasteiger partial charge is 0.461 e. The standard InChI is InChI=1S/C20H26N2O3/c1-6-21-15(5)17(14(4)18(21)20(24)25-8-3)19(23)22(7-2)16-12-10-9-11-13-16/h9-13H,6-8H2,1-5H3. The summed E-state index contributed by atoms with van der Waals surface area (Å²) >= 11 is 0. The van der Waals surface area contributed by atoms with Gasteiger partial charge in [0.1, 0.15) is 5.69 Å². The number of ether oxygens (including phenoxy) is 1. The predicted molar refractivity (Wildman–Crippen MR) is 99.3 cm³/mol. The van der Waals surface area contributed by atoms with E-state index in [1.807, 2.05) is 62.6 Å². The van der Waals surface area contributed by atoms with Gasteiger partial charge in [0.25, 0.3) is 5.91 Å². The van der Waals surface area contributed by atoms with Gasteiger partial charge in [-0.1, -0.05) is 18.2 Å². The number of benzene rings is 1. The Kier molecular flexibility index (Phi) is 6.02. The van der Waals surface area contributed by atoms with Gasteiger partial charge in [0.05, 0.1) is 12.2 Å². The van der Waals surface area contributed by atoms with Crippen LogP contribution < -0.4 is 4.90 Å². The Bertz CT molecular complexity index is 763. The fraction of sp³-hybridized carbons (Fsp3) is 0.400. The Morgan fingerprint density at radius 2 is 1.72 bits per heavy atom. The first-order chi connectivity index (χ1) is 12.0. The molecule has 5 heteroatoms. The van der Waals surface area contributed by atoms with Gasteiger partial charge in [0.2, 0.25) is 0 Å². The van der Waals surface area contributed by atoms with E-state index in [-0.39, 0.29) is 11.9 Å². The van der Waals surface area contributed by atoms with Gasteiger partial charge in [0.15, 0.2) is 0 Å². The number of esters is 1. The van der Waals surface area contributed by atoms with Crippen LogP contribution in [-0.4, -0.2) is 29.6 Å². The fourth-order valence-corrected chi connectivity index (χ4v) is 3.25. The second-order valence-corrected chi connectivity index (χ2v) is 5.78. The minimum absolute atomic E-state index is 0.0959. The van der Waals surface area contributed by atoms with Gasteiger partial charge < -0.3 is 14.2 Å². The highest BCUT2D eigenvalue weighted by atomic mass is 16.5. The summed E-state index contributed by atoms with van der Waals surface area (Å²) in [5.41, 5.74) is 3.36. The maximum absolute atomic E-state index is 13.2. The van der Waals surface area contributed by atoms with Crippen molar-refractivity contribution in [2.75, 3.05) is 18.1 Å². The number of nitrogens with zero attached hydrogens (tertiary/aromatic N) is 2. The van der Waals surface area contributed by atoms with Gasteiger partial charge in [-0.2, -0.15) is 0 Å². The van der Waals surface area contributed by atoms with Crippen LogP contribution in [-0.2, 0) is 11.3 Å². The molecule has 0 spiro atoms. The number of amides is 1. The molecule has 25 heavy (non-hydrogen) atoms. The molecule has 0 unspecified atom stereocenters. The van der Waals surface area contributed by atoms with E-state index in [0.717, 1.165) is 11.4 Å². The first-order valence-electron chi connectivity index (χ1n) is 8.71. The smallest absolute Gasteiger partial charge is 0.355 e. The summed E-state index contributed by atoms with van der Waals surface area (Å²) < 4.78 is 7.05. The summed E-state index contributed by atoms with van der Waals surface area (Å²) in [6.07, 6.45) is 0. The molecule has 5 nitrogen and oxygen atoms in total. The highest BCUT2D eigenvalue weighted by molar-refractivity contribution is 6.09. The Labute approximate surface area is 149 Å². The Morgan fingerprint density at radius 1 is 1.08 bits per heavy atom. The Morgan fingerprint density at radius 3 is 2.24 bits per heavy atom. The highest BCUT2D eigenvalue weighted by Gasteiger charge is 2.29. The Balaban J connectivity index is 2.55. The monoisotopic (exact) mass is 342 g/mol. The number of aromatic nitrogens is 1. The molecule has 0 saturated heterocycles. The zero-order chi connectivity index (χ0) is 18.6. The molecular weight excluding hydrogens is 316 g/mol. The lowest BCUT2D eigenvalue weighted by atomic mass is 10.1. The van der Waals surface area contributed by atoms with Gasteiger partial charge in [-0.25, -0.2) is 4.79 Å². The van der Waals surface area contributed by atoms with Crippen LogP contribution in [0.15, 0.2) is 30.3 Å². The lowest BCUT2D eigenvalue weighted by molar-refractivity contribution is 0.0512. The summed E-state index contributed by atoms with van der Waals surface area (Å²) in [5.74, 6) is -0.479. The van der Waals surface area contributed by atoms with Crippen molar-refractivity contribution in [2.45, 2.75) is 41.2 Å². The molecule has 0 fully saturated rings. The molecule has 0 aliphatic carbocycles. The van der Waals surface area contributed by atoms with Crippen molar-refractivity contribution in [1.82, 2.24) is 4.57 Å². The summed E-state index contributed by atoms with van der Waals surface area (Å²) in [6, 6.07) is 9.56. The van der Waals surface area contributed by atoms with Crippen LogP contribution in [0.25, 0.3) is 0 Å². The molecule has 0 radical (unpaired) electrons. The van der Waals surface area contributed by atoms with Gasteiger partial charge in [-0.15, -0.1) is 0 Å². The second-order valence-electron chi connectivity index (χ2n) is 5.78. The van der Waals surface area contributed by atoms with Crippen molar-refractivity contribution in [3.8, 4) is 0 Å². The molecule has 1 aromatic heterocycles. The van der Waals surface area contributed by atoms with Crippen LogP contribution >= 0.6 is 0 Å². The highest BCUT2D eigenvalue weighted by Crippen LogP contribution is 2.26. The van der Waals surface area contributed by atoms with Crippen LogP contribution in [0, 0.1) is 13.8 Å². The first-order valence-corrected chi connectivity index (χ1v) is 8.71. The SMILES string of the molecule is CCOC(=O)c1c(C)c(C(=O)N(CC)c2ccccc2)c(C)n1CC. The van der Waals surface area contributed by atoms with Crippen molar-refractivity contribution < 1.29 is 14.3 Å². The topological polar surface area (TPSA) is 51.5 Å². The number of carbonyl (C=O) groups excluding carboxylic acids is 2. The lowest BCUT2D eigenvalue weighted by Crippen LogP contribution is -2.31. The van der Waals surface area contributed by atoms with E-state index in [4.69, 9.17) is 4.74 Å². The molecule has 1 heterocycles. The molecule has 0 aliphatic heterocycles. The summed E-state index contributed by atoms with van der Waals surface area (Å²) in [5, 5.41) is 0. The third-order valence-electron chi connectivity index (χ3n) is 4.39. The van der Waals surface area contributed by atoms with E-state index >= 15 is 0 Å². The number of para-hydroxylation sites is 1. The van der Waals surface area contributed by atoms with Gasteiger partial charge in [-0.3, -0.25) is 4.79 Å². The van der Waals surface area contributed by atoms with Crippen molar-refractivity contribution in [3.05, 3.63) is 52.8 Å². The number of anilines is 1. The van der Waals surface area contributed by atoms with Crippen LogP contribution in [0.4, 0.5) is 5.69 Å². The van der Waals surface area contributed by atoms with Crippen molar-refractivity contribution in [2.24, 2.45) is 0 Å². The average Bonchev–Trinajstić information content (AvgIpc) is 2.86. The predicted octanol–water partition coefficient (Wildman–Crippen LogP) is 3.97. The van der Waals surface area contributed by atoms with E-state index < -0.39 is 0 Å². The number of hydrogen-bond donors (Lipinski definition) is 0. The van der Waals surface area contributed by atoms with Crippen molar-refractivity contribution >= 4 is 17.6 Å². The molecule has 2 aromatic rings. The van der Waals surface area contributed by atoms with Crippen LogP contribution in [0.3, 0.4) is 0 Å². The van der Waals surface area contributed by atoms with Gasteiger partial charge in [0, 0.05) is 24.5 Å². The zero-order valence-electron chi connectivity index (χ0n) is 15.6. The molecular formula is C20H26N2O3. The summed E-state index contributed by atoms with van der Waals surface area (Å²) in [4.78, 5) is 27.3. The molecule has 0 N–H and O–H groups in total. The quantitative estimate of drug-likeness (QED) is 0.747. The minimum atomic E-state index is -0.383. The van der Waals surface area contributed by atoms with Crippen molar-refractivity contribution in [1.29, 1.82) is 0 Å². The van der Waals surface area contributed by atoms with Gasteiger partial charge in [-0.05, 0) is 52.3 Å². The molecule has 134 valence electrons. The van der Waals surface area contributed by atoms with Crippen molar-refractivity contribution in [3.63, 3.8) is 0 Å². The minimum Gasteiger partial charge on any atom is -0.461 e. The summed E-state index contributed by atoms with van der Waals surface area (Å²) in [7, 11) is 0. The van der Waals surface area contributed by atoms with E-state index in [9.17, 15) is 9.59 Å². The fourth-order valence-electron chi connectivity index (χ4n) is 3.25. The number of hydrogen-bond acceptors (Lipinski definition) is 3. The molecule has 0 atom stereocenters. The molecule has 1 aromatic carbocycles. The van der Waals surface area contributed by atoms with E-state index in [0.29, 0.717) is 36.5 Å². The number of carbonyl (C=O) groups is 2. The molecule has 2 rings (SSSR count). The Hall–Kier alpha value is -2.56. The van der Waals surface area contributed by atoms with E-state index in [2.05, 4.69) is 0 Å². The third-order valence-corrected chi connectivity index (χ3v) is 4.39. The molecule has 0 saturated carbocycles. The van der Waals surface area contributed by atoms with Crippen LogP contribution in [0.5, 0.6) is 0 Å². The maximum Gasteiger partial charge on any atom is 0.355 e. The number of rotatable bonds is 6. The molecule has 0 aliphatic rings. The average molecular weight is 342 g/mol. The van der Waals surface area contributed by atoms with Gasteiger partial charge >= 0.3 is 5.97 Å². The second kappa shape index (κ2) is 8.01. The normalized spacial score (nSPS) is 10.6. The summed E-state index contributed by atoms with van der Waals surface area (Å²) in [6.45, 7) is 10.8. The van der Waals surface area contributed by atoms with Crippen LogP contribution in [0.1, 0.15) is 52.9 Å². The maximum atomic E-state index is 13.2. The van der Waals surface area contributed by atoms with Crippen LogP contribution in [0.2, 0.25) is 0 Å². The van der Waals surface area contributed by atoms with E-state index in [1.165, 1.54) is 0 Å². The third kappa shape index (κ3) is 3.45. The first kappa shape index (κ1) is 18.8. The van der Waals surface area contributed by atoms with E-state index in [1.54, 1.807) is 11.8 Å². The zero-order valence-corrected chi connectivity index (χ0v) is 15.6. The lowest BCUT2D eigenvalue weighted by Gasteiger charge is -2.21.